The molecular weight excluding hydrogens is 332 g/mol. The molecule has 0 bridgehead atoms. The number of piperidine rings is 1. The first-order valence-corrected chi connectivity index (χ1v) is 10.4. The van der Waals surface area contributed by atoms with Crippen LogP contribution in [0.1, 0.15) is 36.0 Å². The van der Waals surface area contributed by atoms with E-state index in [1.54, 1.807) is 12.1 Å². The monoisotopic (exact) mass is 358 g/mol. The van der Waals surface area contributed by atoms with E-state index in [4.69, 9.17) is 0 Å². The summed E-state index contributed by atoms with van der Waals surface area (Å²) in [6, 6.07) is 15.1. The molecule has 3 rings (SSSR count). The smallest absolute Gasteiger partial charge is 0.240 e. The minimum Gasteiger partial charge on any atom is -0.299 e. The molecule has 2 aromatic carbocycles. The molecule has 1 fully saturated rings. The normalized spacial score (nSPS) is 16.0. The van der Waals surface area contributed by atoms with Gasteiger partial charge < -0.3 is 0 Å². The maximum absolute atomic E-state index is 12.4. The van der Waals surface area contributed by atoms with Crippen LogP contribution in [-0.4, -0.2) is 26.4 Å². The lowest BCUT2D eigenvalue weighted by atomic mass is 10.1. The fourth-order valence-corrected chi connectivity index (χ4v) is 4.21. The van der Waals surface area contributed by atoms with E-state index in [-0.39, 0.29) is 0 Å². The Morgan fingerprint density at radius 1 is 0.960 bits per heavy atom. The van der Waals surface area contributed by atoms with Crippen LogP contribution in [0.2, 0.25) is 0 Å². The molecule has 0 radical (unpaired) electrons. The quantitative estimate of drug-likeness (QED) is 0.860. The van der Waals surface area contributed by atoms with Crippen molar-refractivity contribution in [1.82, 2.24) is 9.62 Å². The van der Waals surface area contributed by atoms with Gasteiger partial charge in [-0.15, -0.1) is 0 Å². The average Bonchev–Trinajstić information content (AvgIpc) is 2.62. The van der Waals surface area contributed by atoms with Gasteiger partial charge in [-0.25, -0.2) is 13.1 Å². The van der Waals surface area contributed by atoms with Crippen molar-refractivity contribution in [2.24, 2.45) is 0 Å². The molecular formula is C20H26N2O2S. The second-order valence-electron chi connectivity index (χ2n) is 6.79. The van der Waals surface area contributed by atoms with Crippen molar-refractivity contribution in [3.8, 4) is 0 Å². The minimum atomic E-state index is -3.48. The number of likely N-dealkylation sites (tertiary alicyclic amines) is 1. The molecule has 1 aliphatic heterocycles. The highest BCUT2D eigenvalue weighted by Gasteiger charge is 2.14. The van der Waals surface area contributed by atoms with Gasteiger partial charge in [-0.1, -0.05) is 48.4 Å². The Kier molecular flexibility index (Phi) is 5.89. The topological polar surface area (TPSA) is 49.4 Å². The Balaban J connectivity index is 1.62. The molecule has 1 heterocycles. The predicted molar refractivity (Wildman–Crippen MR) is 101 cm³/mol. The average molecular weight is 359 g/mol. The van der Waals surface area contributed by atoms with Gasteiger partial charge >= 0.3 is 0 Å². The molecule has 25 heavy (non-hydrogen) atoms. The van der Waals surface area contributed by atoms with Crippen LogP contribution in [0.25, 0.3) is 0 Å². The van der Waals surface area contributed by atoms with E-state index in [2.05, 4.69) is 21.8 Å². The summed E-state index contributed by atoms with van der Waals surface area (Å²) in [5.74, 6) is 0. The number of benzene rings is 2. The van der Waals surface area contributed by atoms with Crippen LogP contribution < -0.4 is 4.72 Å². The summed E-state index contributed by atoms with van der Waals surface area (Å²) in [5.41, 5.74) is 3.28. The van der Waals surface area contributed by atoms with Crippen molar-refractivity contribution in [2.45, 2.75) is 44.2 Å². The molecule has 4 nitrogen and oxygen atoms in total. The Hall–Kier alpha value is -1.69. The highest BCUT2D eigenvalue weighted by atomic mass is 32.2. The molecule has 0 aromatic heterocycles. The third-order valence-electron chi connectivity index (χ3n) is 4.64. The molecule has 0 atom stereocenters. The predicted octanol–water partition coefficient (Wildman–Crippen LogP) is 3.46. The first-order valence-electron chi connectivity index (χ1n) is 8.89. The number of rotatable bonds is 6. The first-order chi connectivity index (χ1) is 12.0. The lowest BCUT2D eigenvalue weighted by Gasteiger charge is -2.26. The number of hydrogen-bond donors (Lipinski definition) is 1. The lowest BCUT2D eigenvalue weighted by Crippen LogP contribution is -2.29. The zero-order valence-corrected chi connectivity index (χ0v) is 15.6. The minimum absolute atomic E-state index is 0.308. The maximum Gasteiger partial charge on any atom is 0.240 e. The van der Waals surface area contributed by atoms with E-state index in [1.165, 1.54) is 24.8 Å². The fraction of sp³-hybridized carbons (Fsp3) is 0.400. The summed E-state index contributed by atoms with van der Waals surface area (Å²) >= 11 is 0. The van der Waals surface area contributed by atoms with E-state index in [0.29, 0.717) is 11.4 Å². The van der Waals surface area contributed by atoms with E-state index in [1.807, 2.05) is 31.2 Å². The van der Waals surface area contributed by atoms with Gasteiger partial charge in [0.1, 0.15) is 0 Å². The molecule has 134 valence electrons. The Labute approximate surface area is 150 Å². The summed E-state index contributed by atoms with van der Waals surface area (Å²) in [6.45, 7) is 5.51. The fourth-order valence-electron chi connectivity index (χ4n) is 3.19. The molecule has 1 aliphatic rings. The van der Waals surface area contributed by atoms with E-state index in [9.17, 15) is 8.42 Å². The summed E-state index contributed by atoms with van der Waals surface area (Å²) in [4.78, 5) is 2.78. The molecule has 2 aromatic rings. The van der Waals surface area contributed by atoms with Gasteiger partial charge in [0, 0.05) is 13.1 Å². The second-order valence-corrected chi connectivity index (χ2v) is 8.56. The number of sulfonamides is 1. The van der Waals surface area contributed by atoms with Crippen LogP contribution in [0.5, 0.6) is 0 Å². The number of nitrogens with one attached hydrogen (secondary N) is 1. The largest absolute Gasteiger partial charge is 0.299 e. The van der Waals surface area contributed by atoms with Crippen LogP contribution >= 0.6 is 0 Å². The van der Waals surface area contributed by atoms with E-state index in [0.717, 1.165) is 30.8 Å². The van der Waals surface area contributed by atoms with Crippen molar-refractivity contribution in [3.05, 3.63) is 65.2 Å². The first kappa shape index (κ1) is 18.1. The van der Waals surface area contributed by atoms with Crippen molar-refractivity contribution >= 4 is 10.0 Å². The van der Waals surface area contributed by atoms with Crippen LogP contribution in [0.3, 0.4) is 0 Å². The molecule has 1 saturated heterocycles. The highest BCUT2D eigenvalue weighted by molar-refractivity contribution is 7.89. The van der Waals surface area contributed by atoms with Gasteiger partial charge in [-0.2, -0.15) is 0 Å². The SMILES string of the molecule is Cc1ccc(S(=O)(=O)NCc2cccc(CN3CCCCC3)c2)cc1. The molecule has 0 spiro atoms. The lowest BCUT2D eigenvalue weighted by molar-refractivity contribution is 0.221. The number of nitrogens with zero attached hydrogens (tertiary/aromatic N) is 1. The zero-order valence-electron chi connectivity index (χ0n) is 14.7. The van der Waals surface area contributed by atoms with E-state index >= 15 is 0 Å². The standard InChI is InChI=1S/C20H26N2O2S/c1-17-8-10-20(11-9-17)25(23,24)21-15-18-6-5-7-19(14-18)16-22-12-3-2-4-13-22/h5-11,14,21H,2-4,12-13,15-16H2,1H3. The van der Waals surface area contributed by atoms with Crippen molar-refractivity contribution in [2.75, 3.05) is 13.1 Å². The molecule has 5 heteroatoms. The van der Waals surface area contributed by atoms with Crippen LogP contribution in [0.4, 0.5) is 0 Å². The van der Waals surface area contributed by atoms with Crippen molar-refractivity contribution in [3.63, 3.8) is 0 Å². The Morgan fingerprint density at radius 2 is 1.64 bits per heavy atom. The van der Waals surface area contributed by atoms with Crippen molar-refractivity contribution in [1.29, 1.82) is 0 Å². The maximum atomic E-state index is 12.4. The molecule has 0 saturated carbocycles. The Bertz CT molecular complexity index is 795. The molecule has 0 amide bonds. The number of hydrogen-bond acceptors (Lipinski definition) is 3. The van der Waals surface area contributed by atoms with Gasteiger partial charge in [-0.3, -0.25) is 4.90 Å². The second kappa shape index (κ2) is 8.13. The summed E-state index contributed by atoms with van der Waals surface area (Å²) in [7, 11) is -3.48. The van der Waals surface area contributed by atoms with Crippen LogP contribution in [0.15, 0.2) is 53.4 Å². The molecule has 1 N–H and O–H groups in total. The Morgan fingerprint density at radius 3 is 2.36 bits per heavy atom. The number of aryl methyl sites for hydroxylation is 1. The highest BCUT2D eigenvalue weighted by Crippen LogP contribution is 2.15. The van der Waals surface area contributed by atoms with Crippen molar-refractivity contribution < 1.29 is 8.42 Å². The summed E-state index contributed by atoms with van der Waals surface area (Å²) in [6.07, 6.45) is 3.88. The molecule has 0 aliphatic carbocycles. The van der Waals surface area contributed by atoms with E-state index < -0.39 is 10.0 Å². The van der Waals surface area contributed by atoms with Crippen LogP contribution in [-0.2, 0) is 23.1 Å². The summed E-state index contributed by atoms with van der Waals surface area (Å²) < 4.78 is 27.5. The van der Waals surface area contributed by atoms with Gasteiger partial charge in [0.15, 0.2) is 0 Å². The van der Waals surface area contributed by atoms with Gasteiger partial charge in [0.2, 0.25) is 10.0 Å². The third kappa shape index (κ3) is 5.14. The third-order valence-corrected chi connectivity index (χ3v) is 6.06. The van der Waals surface area contributed by atoms with Gasteiger partial charge in [-0.05, 0) is 56.1 Å². The van der Waals surface area contributed by atoms with Crippen LogP contribution in [0, 0.1) is 6.92 Å². The van der Waals surface area contributed by atoms with Gasteiger partial charge in [0.25, 0.3) is 0 Å². The zero-order chi connectivity index (χ0) is 17.7. The molecule has 0 unspecified atom stereocenters. The summed E-state index contributed by atoms with van der Waals surface area (Å²) in [5, 5.41) is 0. The van der Waals surface area contributed by atoms with Gasteiger partial charge in [0.05, 0.1) is 4.90 Å².